The summed E-state index contributed by atoms with van der Waals surface area (Å²) in [5, 5.41) is 2.43. The fourth-order valence-electron chi connectivity index (χ4n) is 3.45. The molecule has 4 nitrogen and oxygen atoms in total. The van der Waals surface area contributed by atoms with Gasteiger partial charge < -0.3 is 4.90 Å². The monoisotopic (exact) mass is 286 g/mol. The van der Waals surface area contributed by atoms with Crippen LogP contribution in [0.5, 0.6) is 0 Å². The number of nitrogens with zero attached hydrogens (tertiary/aromatic N) is 1. The van der Waals surface area contributed by atoms with Gasteiger partial charge in [0, 0.05) is 13.0 Å². The topological polar surface area (TPSA) is 49.4 Å². The van der Waals surface area contributed by atoms with E-state index in [1.807, 2.05) is 0 Å². The van der Waals surface area contributed by atoms with Crippen molar-refractivity contribution in [3.05, 3.63) is 35.4 Å². The van der Waals surface area contributed by atoms with Crippen molar-refractivity contribution in [3.8, 4) is 0 Å². The summed E-state index contributed by atoms with van der Waals surface area (Å²) in [4.78, 5) is 25.5. The van der Waals surface area contributed by atoms with Crippen molar-refractivity contribution in [2.45, 2.75) is 37.5 Å². The van der Waals surface area contributed by atoms with Gasteiger partial charge in [0.05, 0.1) is 5.92 Å². The van der Waals surface area contributed by atoms with Crippen LogP contribution >= 0.6 is 0 Å². The van der Waals surface area contributed by atoms with Gasteiger partial charge >= 0.3 is 0 Å². The predicted octanol–water partition coefficient (Wildman–Crippen LogP) is 2.02. The molecule has 112 valence electrons. The highest BCUT2D eigenvalue weighted by atomic mass is 16.2. The number of amides is 2. The number of hydrogen-bond donors (Lipinski definition) is 1. The molecule has 2 heterocycles. The van der Waals surface area contributed by atoms with Crippen LogP contribution in [-0.2, 0) is 9.59 Å². The fraction of sp³-hybridized carbons (Fsp3) is 0.529. The Morgan fingerprint density at radius 1 is 1.10 bits per heavy atom. The average Bonchev–Trinajstić information content (AvgIpc) is 2.47. The van der Waals surface area contributed by atoms with Gasteiger partial charge in [-0.05, 0) is 49.9 Å². The van der Waals surface area contributed by atoms with Crippen LogP contribution in [0.4, 0.5) is 0 Å². The molecule has 2 aliphatic rings. The van der Waals surface area contributed by atoms with E-state index in [1.165, 1.54) is 24.9 Å². The molecule has 2 unspecified atom stereocenters. The van der Waals surface area contributed by atoms with Gasteiger partial charge in [-0.25, -0.2) is 0 Å². The van der Waals surface area contributed by atoms with Crippen LogP contribution in [0.15, 0.2) is 24.3 Å². The van der Waals surface area contributed by atoms with E-state index in [4.69, 9.17) is 0 Å². The molecule has 0 spiro atoms. The number of benzene rings is 1. The van der Waals surface area contributed by atoms with Gasteiger partial charge in [0.2, 0.25) is 11.8 Å². The van der Waals surface area contributed by atoms with Crippen molar-refractivity contribution in [1.29, 1.82) is 0 Å². The quantitative estimate of drug-likeness (QED) is 0.846. The average molecular weight is 286 g/mol. The van der Waals surface area contributed by atoms with Crippen molar-refractivity contribution in [2.24, 2.45) is 0 Å². The van der Waals surface area contributed by atoms with Crippen LogP contribution < -0.4 is 5.32 Å². The summed E-state index contributed by atoms with van der Waals surface area (Å²) in [6.07, 6.45) is 3.54. The zero-order chi connectivity index (χ0) is 14.8. The Hall–Kier alpha value is -1.68. The third kappa shape index (κ3) is 3.16. The summed E-state index contributed by atoms with van der Waals surface area (Å²) in [5.74, 6) is 0.111. The molecule has 0 saturated carbocycles. The molecule has 4 heteroatoms. The Morgan fingerprint density at radius 2 is 1.81 bits per heavy atom. The minimum absolute atomic E-state index is 0.155. The first kappa shape index (κ1) is 14.3. The third-order valence-corrected chi connectivity index (χ3v) is 4.67. The molecule has 0 aliphatic carbocycles. The first-order valence-corrected chi connectivity index (χ1v) is 7.75. The lowest BCUT2D eigenvalue weighted by atomic mass is 9.86. The normalized spacial score (nSPS) is 27.5. The SMILES string of the molecule is CN1CCCC(c2ccc(C3CCC(=O)NC3=O)cc2)C1. The van der Waals surface area contributed by atoms with E-state index in [1.54, 1.807) is 0 Å². The van der Waals surface area contributed by atoms with Gasteiger partial charge in [0.15, 0.2) is 0 Å². The molecule has 2 saturated heterocycles. The number of carbonyl (C=O) groups is 2. The summed E-state index contributed by atoms with van der Waals surface area (Å²) >= 11 is 0. The van der Waals surface area contributed by atoms with Gasteiger partial charge in [-0.15, -0.1) is 0 Å². The van der Waals surface area contributed by atoms with Gasteiger partial charge in [-0.3, -0.25) is 14.9 Å². The van der Waals surface area contributed by atoms with Crippen molar-refractivity contribution in [1.82, 2.24) is 10.2 Å². The number of rotatable bonds is 2. The molecule has 1 N–H and O–H groups in total. The molecule has 3 rings (SSSR count). The van der Waals surface area contributed by atoms with Crippen LogP contribution in [0.25, 0.3) is 0 Å². The number of nitrogens with one attached hydrogen (secondary N) is 1. The number of piperidine rings is 2. The van der Waals surface area contributed by atoms with Gasteiger partial charge in [0.25, 0.3) is 0 Å². The van der Waals surface area contributed by atoms with E-state index < -0.39 is 0 Å². The highest BCUT2D eigenvalue weighted by Crippen LogP contribution is 2.29. The zero-order valence-corrected chi connectivity index (χ0v) is 12.5. The summed E-state index contributed by atoms with van der Waals surface area (Å²) < 4.78 is 0. The van der Waals surface area contributed by atoms with Crippen molar-refractivity contribution in [3.63, 3.8) is 0 Å². The van der Waals surface area contributed by atoms with E-state index in [2.05, 4.69) is 41.5 Å². The predicted molar refractivity (Wildman–Crippen MR) is 81.0 cm³/mol. The molecule has 0 aromatic heterocycles. The van der Waals surface area contributed by atoms with Gasteiger partial charge in [0.1, 0.15) is 0 Å². The fourth-order valence-corrected chi connectivity index (χ4v) is 3.45. The number of hydrogen-bond acceptors (Lipinski definition) is 3. The standard InChI is InChI=1S/C17H22N2O2/c1-19-10-2-3-14(11-19)12-4-6-13(7-5-12)15-8-9-16(20)18-17(15)21/h4-7,14-15H,2-3,8-11H2,1H3,(H,18,20,21). The molecule has 1 aromatic carbocycles. The van der Waals surface area contributed by atoms with Crippen LogP contribution in [0.1, 0.15) is 48.6 Å². The van der Waals surface area contributed by atoms with Gasteiger partial charge in [-0.1, -0.05) is 24.3 Å². The summed E-state index contributed by atoms with van der Waals surface area (Å²) in [6, 6.07) is 8.43. The van der Waals surface area contributed by atoms with Crippen molar-refractivity contribution in [2.75, 3.05) is 20.1 Å². The first-order valence-electron chi connectivity index (χ1n) is 7.75. The number of likely N-dealkylation sites (N-methyl/N-ethyl adjacent to an activating group) is 1. The molecule has 1 aromatic rings. The molecule has 21 heavy (non-hydrogen) atoms. The lowest BCUT2D eigenvalue weighted by Crippen LogP contribution is -2.39. The van der Waals surface area contributed by atoms with E-state index in [0.29, 0.717) is 18.8 Å². The van der Waals surface area contributed by atoms with E-state index in [0.717, 1.165) is 12.1 Å². The Kier molecular flexibility index (Phi) is 4.06. The second-order valence-corrected chi connectivity index (χ2v) is 6.27. The molecular formula is C17H22N2O2. The lowest BCUT2D eigenvalue weighted by molar-refractivity contribution is -0.134. The largest absolute Gasteiger partial charge is 0.306 e. The Morgan fingerprint density at radius 3 is 2.48 bits per heavy atom. The summed E-state index contributed by atoms with van der Waals surface area (Å²) in [6.45, 7) is 2.29. The van der Waals surface area contributed by atoms with Crippen LogP contribution in [0.2, 0.25) is 0 Å². The minimum atomic E-state index is -0.175. The maximum atomic E-state index is 11.9. The zero-order valence-electron chi connectivity index (χ0n) is 12.5. The minimum Gasteiger partial charge on any atom is -0.306 e. The van der Waals surface area contributed by atoms with E-state index >= 15 is 0 Å². The van der Waals surface area contributed by atoms with Crippen molar-refractivity contribution >= 4 is 11.8 Å². The molecular weight excluding hydrogens is 264 g/mol. The Bertz CT molecular complexity index is 538. The number of likely N-dealkylation sites (tertiary alicyclic amines) is 1. The van der Waals surface area contributed by atoms with E-state index in [-0.39, 0.29) is 17.7 Å². The first-order chi connectivity index (χ1) is 10.1. The summed E-state index contributed by atoms with van der Waals surface area (Å²) in [7, 11) is 2.17. The maximum absolute atomic E-state index is 11.9. The molecule has 2 aliphatic heterocycles. The molecule has 2 amide bonds. The Labute approximate surface area is 125 Å². The maximum Gasteiger partial charge on any atom is 0.234 e. The molecule has 2 fully saturated rings. The van der Waals surface area contributed by atoms with Crippen molar-refractivity contribution < 1.29 is 9.59 Å². The third-order valence-electron chi connectivity index (χ3n) is 4.67. The highest BCUT2D eigenvalue weighted by Gasteiger charge is 2.28. The second-order valence-electron chi connectivity index (χ2n) is 6.27. The van der Waals surface area contributed by atoms with Crippen LogP contribution in [0.3, 0.4) is 0 Å². The van der Waals surface area contributed by atoms with E-state index in [9.17, 15) is 9.59 Å². The second kappa shape index (κ2) is 5.98. The Balaban J connectivity index is 1.72. The smallest absolute Gasteiger partial charge is 0.234 e. The molecule has 0 bridgehead atoms. The van der Waals surface area contributed by atoms with Crippen LogP contribution in [0, 0.1) is 0 Å². The highest BCUT2D eigenvalue weighted by molar-refractivity contribution is 6.00. The van der Waals surface area contributed by atoms with Crippen LogP contribution in [-0.4, -0.2) is 36.9 Å². The molecule has 0 radical (unpaired) electrons. The summed E-state index contributed by atoms with van der Waals surface area (Å²) in [5.41, 5.74) is 2.38. The van der Waals surface area contributed by atoms with Gasteiger partial charge in [-0.2, -0.15) is 0 Å². The number of carbonyl (C=O) groups excluding carboxylic acids is 2. The lowest BCUT2D eigenvalue weighted by Gasteiger charge is -2.30. The number of imide groups is 1. The molecule has 2 atom stereocenters.